The lowest BCUT2D eigenvalue weighted by atomic mass is 9.98. The van der Waals surface area contributed by atoms with Crippen molar-refractivity contribution in [2.45, 2.75) is 13.0 Å². The van der Waals surface area contributed by atoms with Crippen molar-refractivity contribution in [2.75, 3.05) is 5.32 Å². The zero-order chi connectivity index (χ0) is 17.6. The molecule has 1 unspecified atom stereocenters. The molecule has 0 fully saturated rings. The Labute approximate surface area is 162 Å². The summed E-state index contributed by atoms with van der Waals surface area (Å²) >= 11 is 8.98. The summed E-state index contributed by atoms with van der Waals surface area (Å²) in [5.41, 5.74) is 4.55. The molecule has 0 aliphatic carbocycles. The fourth-order valence-corrected chi connectivity index (χ4v) is 3.10. The molecule has 3 aromatic carbocycles. The van der Waals surface area contributed by atoms with E-state index in [0.29, 0.717) is 5.11 Å². The monoisotopic (exact) mass is 410 g/mol. The third-order valence-corrected chi connectivity index (χ3v) is 4.67. The van der Waals surface area contributed by atoms with Gasteiger partial charge in [0, 0.05) is 10.2 Å². The van der Waals surface area contributed by atoms with E-state index in [4.69, 9.17) is 12.2 Å². The number of benzene rings is 3. The van der Waals surface area contributed by atoms with E-state index >= 15 is 0 Å². The molecule has 0 saturated heterocycles. The van der Waals surface area contributed by atoms with Crippen LogP contribution >= 0.6 is 28.1 Å². The molecule has 126 valence electrons. The number of hydrogen-bond donors (Lipinski definition) is 2. The highest BCUT2D eigenvalue weighted by molar-refractivity contribution is 9.10. The largest absolute Gasteiger partial charge is 0.352 e. The second kappa shape index (κ2) is 8.28. The third kappa shape index (κ3) is 4.91. The van der Waals surface area contributed by atoms with Crippen LogP contribution < -0.4 is 10.6 Å². The van der Waals surface area contributed by atoms with E-state index in [1.165, 1.54) is 16.7 Å². The first-order valence-corrected chi connectivity index (χ1v) is 9.26. The summed E-state index contributed by atoms with van der Waals surface area (Å²) in [7, 11) is 0. The summed E-state index contributed by atoms with van der Waals surface area (Å²) < 4.78 is 1.04. The number of rotatable bonds is 4. The van der Waals surface area contributed by atoms with Crippen LogP contribution in [0, 0.1) is 6.92 Å². The van der Waals surface area contributed by atoms with Crippen molar-refractivity contribution < 1.29 is 0 Å². The van der Waals surface area contributed by atoms with Crippen molar-refractivity contribution in [1.82, 2.24) is 5.32 Å². The fraction of sp³-hybridized carbons (Fsp3) is 0.0952. The molecule has 0 bridgehead atoms. The van der Waals surface area contributed by atoms with Gasteiger partial charge >= 0.3 is 0 Å². The Kier molecular flexibility index (Phi) is 5.84. The van der Waals surface area contributed by atoms with Gasteiger partial charge in [-0.1, -0.05) is 76.1 Å². The van der Waals surface area contributed by atoms with E-state index in [2.05, 4.69) is 69.9 Å². The molecule has 0 aliphatic heterocycles. The van der Waals surface area contributed by atoms with Crippen LogP contribution in [0.3, 0.4) is 0 Å². The van der Waals surface area contributed by atoms with Crippen LogP contribution in [-0.2, 0) is 0 Å². The zero-order valence-corrected chi connectivity index (χ0v) is 16.3. The maximum atomic E-state index is 5.54. The van der Waals surface area contributed by atoms with Crippen molar-refractivity contribution in [3.63, 3.8) is 0 Å². The summed E-state index contributed by atoms with van der Waals surface area (Å²) in [6, 6.07) is 26.8. The van der Waals surface area contributed by atoms with Gasteiger partial charge in [0.1, 0.15) is 0 Å². The lowest BCUT2D eigenvalue weighted by Crippen LogP contribution is -2.33. The molecule has 0 aliphatic rings. The van der Waals surface area contributed by atoms with E-state index in [1.807, 2.05) is 42.5 Å². The van der Waals surface area contributed by atoms with Crippen LogP contribution in [0.25, 0.3) is 0 Å². The normalized spacial score (nSPS) is 11.6. The molecule has 2 N–H and O–H groups in total. The van der Waals surface area contributed by atoms with Gasteiger partial charge in [0.15, 0.2) is 5.11 Å². The lowest BCUT2D eigenvalue weighted by molar-refractivity contribution is 0.768. The highest BCUT2D eigenvalue weighted by Crippen LogP contribution is 2.23. The van der Waals surface area contributed by atoms with E-state index in [0.717, 1.165) is 10.2 Å². The number of anilines is 1. The second-order valence-corrected chi connectivity index (χ2v) is 7.18. The van der Waals surface area contributed by atoms with Gasteiger partial charge in [0.05, 0.1) is 6.04 Å². The molecule has 25 heavy (non-hydrogen) atoms. The smallest absolute Gasteiger partial charge is 0.171 e. The first-order chi connectivity index (χ1) is 12.1. The van der Waals surface area contributed by atoms with Crippen molar-refractivity contribution in [3.8, 4) is 0 Å². The predicted molar refractivity (Wildman–Crippen MR) is 113 cm³/mol. The van der Waals surface area contributed by atoms with Gasteiger partial charge < -0.3 is 10.6 Å². The molecule has 2 nitrogen and oxygen atoms in total. The predicted octanol–water partition coefficient (Wildman–Crippen LogP) is 5.83. The van der Waals surface area contributed by atoms with E-state index in [9.17, 15) is 0 Å². The Morgan fingerprint density at radius 1 is 0.840 bits per heavy atom. The van der Waals surface area contributed by atoms with Crippen LogP contribution in [0.2, 0.25) is 0 Å². The second-order valence-electron chi connectivity index (χ2n) is 5.86. The van der Waals surface area contributed by atoms with Gasteiger partial charge in [-0.25, -0.2) is 0 Å². The van der Waals surface area contributed by atoms with Crippen LogP contribution in [0.5, 0.6) is 0 Å². The lowest BCUT2D eigenvalue weighted by Gasteiger charge is -2.22. The SMILES string of the molecule is Cc1ccc(C(NC(=S)Nc2ccc(Br)cc2)c2ccccc2)cc1. The minimum absolute atomic E-state index is 0.00255. The van der Waals surface area contributed by atoms with Crippen LogP contribution in [0.4, 0.5) is 5.69 Å². The summed E-state index contributed by atoms with van der Waals surface area (Å²) in [6.07, 6.45) is 0. The number of aryl methyl sites for hydroxylation is 1. The van der Waals surface area contributed by atoms with Crippen molar-refractivity contribution in [2.24, 2.45) is 0 Å². The molecule has 4 heteroatoms. The number of nitrogens with one attached hydrogen (secondary N) is 2. The van der Waals surface area contributed by atoms with Gasteiger partial charge in [-0.05, 0) is 54.5 Å². The van der Waals surface area contributed by atoms with Gasteiger partial charge in [0.2, 0.25) is 0 Å². The molecule has 3 aromatic rings. The Morgan fingerprint density at radius 3 is 2.08 bits per heavy atom. The highest BCUT2D eigenvalue weighted by atomic mass is 79.9. The minimum Gasteiger partial charge on any atom is -0.352 e. The van der Waals surface area contributed by atoms with Crippen molar-refractivity contribution >= 4 is 38.9 Å². The van der Waals surface area contributed by atoms with Gasteiger partial charge in [-0.2, -0.15) is 0 Å². The first kappa shape index (κ1) is 17.6. The van der Waals surface area contributed by atoms with Gasteiger partial charge in [0.25, 0.3) is 0 Å². The Morgan fingerprint density at radius 2 is 1.44 bits per heavy atom. The van der Waals surface area contributed by atoms with Crippen molar-refractivity contribution in [3.05, 3.63) is 100 Å². The Balaban J connectivity index is 1.81. The summed E-state index contributed by atoms with van der Waals surface area (Å²) in [5, 5.41) is 7.28. The number of halogens is 1. The minimum atomic E-state index is -0.00255. The average molecular weight is 411 g/mol. The van der Waals surface area contributed by atoms with Gasteiger partial charge in [-0.15, -0.1) is 0 Å². The van der Waals surface area contributed by atoms with Crippen LogP contribution in [0.1, 0.15) is 22.7 Å². The average Bonchev–Trinajstić information content (AvgIpc) is 2.63. The molecule has 0 radical (unpaired) electrons. The van der Waals surface area contributed by atoms with E-state index < -0.39 is 0 Å². The van der Waals surface area contributed by atoms with Crippen LogP contribution in [-0.4, -0.2) is 5.11 Å². The van der Waals surface area contributed by atoms with Crippen molar-refractivity contribution in [1.29, 1.82) is 0 Å². The molecule has 0 spiro atoms. The Hall–Kier alpha value is -2.17. The summed E-state index contributed by atoms with van der Waals surface area (Å²) in [6.45, 7) is 2.09. The molecular weight excluding hydrogens is 392 g/mol. The third-order valence-electron chi connectivity index (χ3n) is 3.92. The first-order valence-electron chi connectivity index (χ1n) is 8.06. The quantitative estimate of drug-likeness (QED) is 0.528. The molecular formula is C21H19BrN2S. The molecule has 0 saturated carbocycles. The van der Waals surface area contributed by atoms with Gasteiger partial charge in [-0.3, -0.25) is 0 Å². The summed E-state index contributed by atoms with van der Waals surface area (Å²) in [4.78, 5) is 0. The fourth-order valence-electron chi connectivity index (χ4n) is 2.60. The number of thiocarbonyl (C=S) groups is 1. The Bertz CT molecular complexity index is 830. The topological polar surface area (TPSA) is 24.1 Å². The van der Waals surface area contributed by atoms with E-state index in [1.54, 1.807) is 0 Å². The molecule has 0 aromatic heterocycles. The number of hydrogen-bond acceptors (Lipinski definition) is 1. The maximum Gasteiger partial charge on any atom is 0.171 e. The molecule has 0 amide bonds. The molecule has 3 rings (SSSR count). The van der Waals surface area contributed by atoms with Crippen LogP contribution in [0.15, 0.2) is 83.3 Å². The van der Waals surface area contributed by atoms with E-state index in [-0.39, 0.29) is 6.04 Å². The molecule has 1 atom stereocenters. The zero-order valence-electron chi connectivity index (χ0n) is 13.9. The molecule has 0 heterocycles. The maximum absolute atomic E-state index is 5.54. The highest BCUT2D eigenvalue weighted by Gasteiger charge is 2.15. The summed E-state index contributed by atoms with van der Waals surface area (Å²) in [5.74, 6) is 0. The standard InChI is InChI=1S/C21H19BrN2S/c1-15-7-9-17(10-8-15)20(16-5-3-2-4-6-16)24-21(25)23-19-13-11-18(22)12-14-19/h2-14,20H,1H3,(H2,23,24,25).